The molecule has 130 valence electrons. The highest BCUT2D eigenvalue weighted by atomic mass is 127. The Morgan fingerprint density at radius 1 is 1.48 bits per heavy atom. The van der Waals surface area contributed by atoms with E-state index in [2.05, 4.69) is 27.1 Å². The fraction of sp³-hybridized carbons (Fsp3) is 0.600. The van der Waals surface area contributed by atoms with Gasteiger partial charge < -0.3 is 20.3 Å². The first-order valence-electron chi connectivity index (χ1n) is 7.50. The lowest BCUT2D eigenvalue weighted by atomic mass is 10.2. The van der Waals surface area contributed by atoms with Gasteiger partial charge in [-0.15, -0.1) is 24.0 Å². The van der Waals surface area contributed by atoms with Crippen LogP contribution in [-0.2, 0) is 16.1 Å². The molecule has 2 heterocycles. The molecule has 0 saturated carbocycles. The Morgan fingerprint density at radius 3 is 2.91 bits per heavy atom. The number of rotatable bonds is 6. The van der Waals surface area contributed by atoms with Crippen LogP contribution in [0.15, 0.2) is 21.8 Å². The minimum absolute atomic E-state index is 0. The topological polar surface area (TPSA) is 66.0 Å². The molecule has 0 spiro atoms. The first-order chi connectivity index (χ1) is 10.6. The SMILES string of the molecule is CN(C)C(=O)CNC(=NCc1ccsc1)NCC1CCCO1.I. The van der Waals surface area contributed by atoms with Crippen molar-refractivity contribution in [2.45, 2.75) is 25.5 Å². The van der Waals surface area contributed by atoms with Gasteiger partial charge in [0.15, 0.2) is 5.96 Å². The lowest BCUT2D eigenvalue weighted by molar-refractivity contribution is -0.127. The largest absolute Gasteiger partial charge is 0.376 e. The monoisotopic (exact) mass is 452 g/mol. The summed E-state index contributed by atoms with van der Waals surface area (Å²) in [4.78, 5) is 17.8. The van der Waals surface area contributed by atoms with Crippen molar-refractivity contribution in [3.63, 3.8) is 0 Å². The van der Waals surface area contributed by atoms with Crippen LogP contribution < -0.4 is 10.6 Å². The number of likely N-dealkylation sites (N-methyl/N-ethyl adjacent to an activating group) is 1. The maximum atomic E-state index is 11.7. The van der Waals surface area contributed by atoms with Gasteiger partial charge in [-0.2, -0.15) is 11.3 Å². The van der Waals surface area contributed by atoms with E-state index >= 15 is 0 Å². The fourth-order valence-corrected chi connectivity index (χ4v) is 2.72. The molecule has 1 amide bonds. The minimum Gasteiger partial charge on any atom is -0.376 e. The number of thiophene rings is 1. The molecule has 0 aliphatic carbocycles. The van der Waals surface area contributed by atoms with E-state index in [9.17, 15) is 4.79 Å². The number of ether oxygens (including phenoxy) is 1. The summed E-state index contributed by atoms with van der Waals surface area (Å²) >= 11 is 1.66. The van der Waals surface area contributed by atoms with Gasteiger partial charge in [0.1, 0.15) is 0 Å². The Hall–Kier alpha value is -0.870. The quantitative estimate of drug-likeness (QED) is 0.392. The highest BCUT2D eigenvalue weighted by molar-refractivity contribution is 14.0. The van der Waals surface area contributed by atoms with Crippen molar-refractivity contribution in [3.8, 4) is 0 Å². The predicted octanol–water partition coefficient (Wildman–Crippen LogP) is 1.67. The maximum absolute atomic E-state index is 11.7. The number of nitrogens with zero attached hydrogens (tertiary/aromatic N) is 2. The normalized spacial score (nSPS) is 17.5. The zero-order valence-electron chi connectivity index (χ0n) is 13.6. The van der Waals surface area contributed by atoms with Gasteiger partial charge >= 0.3 is 0 Å². The molecular formula is C15H25IN4O2S. The molecule has 1 saturated heterocycles. The van der Waals surface area contributed by atoms with Crippen molar-refractivity contribution in [2.75, 3.05) is 33.8 Å². The van der Waals surface area contributed by atoms with Crippen LogP contribution in [0.5, 0.6) is 0 Å². The molecule has 1 unspecified atom stereocenters. The highest BCUT2D eigenvalue weighted by Crippen LogP contribution is 2.10. The third-order valence-corrected chi connectivity index (χ3v) is 4.16. The van der Waals surface area contributed by atoms with E-state index in [1.165, 1.54) is 5.56 Å². The summed E-state index contributed by atoms with van der Waals surface area (Å²) in [6.07, 6.45) is 2.42. The summed E-state index contributed by atoms with van der Waals surface area (Å²) in [6.45, 7) is 2.38. The van der Waals surface area contributed by atoms with E-state index in [0.717, 1.165) is 19.4 Å². The number of halogens is 1. The lowest BCUT2D eigenvalue weighted by Gasteiger charge is -2.16. The van der Waals surface area contributed by atoms with Gasteiger partial charge in [-0.3, -0.25) is 4.79 Å². The van der Waals surface area contributed by atoms with E-state index in [1.54, 1.807) is 30.3 Å². The molecule has 1 aromatic rings. The van der Waals surface area contributed by atoms with E-state index in [-0.39, 0.29) is 42.5 Å². The summed E-state index contributed by atoms with van der Waals surface area (Å²) in [6, 6.07) is 2.05. The van der Waals surface area contributed by atoms with Crippen LogP contribution in [0, 0.1) is 0 Å². The summed E-state index contributed by atoms with van der Waals surface area (Å²) in [7, 11) is 3.48. The van der Waals surface area contributed by atoms with Gasteiger partial charge in [0.2, 0.25) is 5.91 Å². The van der Waals surface area contributed by atoms with Gasteiger partial charge in [-0.05, 0) is 35.2 Å². The second kappa shape index (κ2) is 10.8. The first kappa shape index (κ1) is 20.2. The molecule has 0 bridgehead atoms. The number of guanidine groups is 1. The average molecular weight is 452 g/mol. The number of aliphatic imine (C=N–C) groups is 1. The van der Waals surface area contributed by atoms with E-state index < -0.39 is 0 Å². The Kier molecular flexibility index (Phi) is 9.49. The number of carbonyl (C=O) groups is 1. The van der Waals surface area contributed by atoms with Crippen LogP contribution in [0.1, 0.15) is 18.4 Å². The van der Waals surface area contributed by atoms with Crippen LogP contribution in [-0.4, -0.2) is 56.7 Å². The van der Waals surface area contributed by atoms with Crippen LogP contribution in [0.25, 0.3) is 0 Å². The second-order valence-corrected chi connectivity index (χ2v) is 6.23. The molecular weight excluding hydrogens is 427 g/mol. The van der Waals surface area contributed by atoms with Crippen LogP contribution in [0.2, 0.25) is 0 Å². The van der Waals surface area contributed by atoms with Gasteiger partial charge in [0.25, 0.3) is 0 Å². The Bertz CT molecular complexity index is 488. The molecule has 1 aliphatic heterocycles. The van der Waals surface area contributed by atoms with Gasteiger partial charge in [-0.1, -0.05) is 0 Å². The van der Waals surface area contributed by atoms with Gasteiger partial charge in [0, 0.05) is 27.2 Å². The van der Waals surface area contributed by atoms with Crippen molar-refractivity contribution >= 4 is 47.2 Å². The Labute approximate surface area is 158 Å². The first-order valence-corrected chi connectivity index (χ1v) is 8.44. The van der Waals surface area contributed by atoms with Crippen molar-refractivity contribution in [2.24, 2.45) is 4.99 Å². The molecule has 8 heteroatoms. The van der Waals surface area contributed by atoms with Crippen molar-refractivity contribution in [1.29, 1.82) is 0 Å². The average Bonchev–Trinajstić information content (AvgIpc) is 3.19. The molecule has 23 heavy (non-hydrogen) atoms. The molecule has 1 aliphatic rings. The molecule has 2 rings (SSSR count). The van der Waals surface area contributed by atoms with Crippen molar-refractivity contribution in [1.82, 2.24) is 15.5 Å². The second-order valence-electron chi connectivity index (χ2n) is 5.45. The smallest absolute Gasteiger partial charge is 0.241 e. The fourth-order valence-electron chi connectivity index (χ4n) is 2.06. The van der Waals surface area contributed by atoms with Crippen LogP contribution in [0.4, 0.5) is 0 Å². The number of hydrogen-bond acceptors (Lipinski definition) is 4. The van der Waals surface area contributed by atoms with E-state index in [4.69, 9.17) is 4.74 Å². The van der Waals surface area contributed by atoms with Crippen molar-refractivity contribution in [3.05, 3.63) is 22.4 Å². The van der Waals surface area contributed by atoms with Crippen molar-refractivity contribution < 1.29 is 9.53 Å². The molecule has 0 aromatic carbocycles. The predicted molar refractivity (Wildman–Crippen MR) is 105 cm³/mol. The zero-order valence-corrected chi connectivity index (χ0v) is 16.7. The number of amides is 1. The summed E-state index contributed by atoms with van der Waals surface area (Å²) in [5, 5.41) is 10.5. The summed E-state index contributed by atoms with van der Waals surface area (Å²) in [5.74, 6) is 0.666. The standard InChI is InChI=1S/C15H24N4O2S.HI/c1-19(2)14(20)10-18-15(16-8-12-5-7-22-11-12)17-9-13-4-3-6-21-13;/h5,7,11,13H,3-4,6,8-10H2,1-2H3,(H2,16,17,18);1H. The Morgan fingerprint density at radius 2 is 2.30 bits per heavy atom. The zero-order chi connectivity index (χ0) is 15.8. The van der Waals surface area contributed by atoms with Gasteiger partial charge in [0.05, 0.1) is 19.2 Å². The Balaban J connectivity index is 0.00000264. The number of carbonyl (C=O) groups excluding carboxylic acids is 1. The lowest BCUT2D eigenvalue weighted by Crippen LogP contribution is -2.45. The highest BCUT2D eigenvalue weighted by Gasteiger charge is 2.16. The molecule has 1 aromatic heterocycles. The van der Waals surface area contributed by atoms with Gasteiger partial charge in [-0.25, -0.2) is 4.99 Å². The molecule has 2 N–H and O–H groups in total. The molecule has 0 radical (unpaired) electrons. The van der Waals surface area contributed by atoms with Crippen LogP contribution >= 0.6 is 35.3 Å². The third kappa shape index (κ3) is 7.49. The maximum Gasteiger partial charge on any atom is 0.241 e. The molecule has 1 fully saturated rings. The number of hydrogen-bond donors (Lipinski definition) is 2. The summed E-state index contributed by atoms with van der Waals surface area (Å²) < 4.78 is 5.60. The summed E-state index contributed by atoms with van der Waals surface area (Å²) in [5.41, 5.74) is 1.17. The molecule has 1 atom stereocenters. The third-order valence-electron chi connectivity index (χ3n) is 3.43. The minimum atomic E-state index is 0. The van der Waals surface area contributed by atoms with E-state index in [1.807, 2.05) is 5.38 Å². The van der Waals surface area contributed by atoms with Crippen LogP contribution in [0.3, 0.4) is 0 Å². The van der Waals surface area contributed by atoms with E-state index in [0.29, 0.717) is 19.0 Å². The molecule has 6 nitrogen and oxygen atoms in total. The number of nitrogens with one attached hydrogen (secondary N) is 2.